The lowest BCUT2D eigenvalue weighted by molar-refractivity contribution is 0.412. The second-order valence-corrected chi connectivity index (χ2v) is 3.28. The van der Waals surface area contributed by atoms with Gasteiger partial charge in [-0.25, -0.2) is 4.79 Å². The van der Waals surface area contributed by atoms with Gasteiger partial charge in [0.2, 0.25) is 0 Å². The van der Waals surface area contributed by atoms with Crippen LogP contribution in [-0.2, 0) is 0 Å². The number of hydrogen-bond donors (Lipinski definition) is 1. The maximum absolute atomic E-state index is 11.6. The fourth-order valence-corrected chi connectivity index (χ4v) is 1.52. The van der Waals surface area contributed by atoms with E-state index in [-0.39, 0.29) is 5.69 Å². The lowest BCUT2D eigenvalue weighted by atomic mass is 10.3. The second-order valence-electron chi connectivity index (χ2n) is 3.28. The topological polar surface area (TPSA) is 47.0 Å². The molecular formula is C11H12N2O2. The summed E-state index contributed by atoms with van der Waals surface area (Å²) in [6.07, 6.45) is 1.75. The molecule has 0 aliphatic carbocycles. The van der Waals surface area contributed by atoms with Crippen LogP contribution in [0.1, 0.15) is 5.69 Å². The summed E-state index contributed by atoms with van der Waals surface area (Å²) in [5.41, 5.74) is 1.41. The third kappa shape index (κ3) is 1.66. The van der Waals surface area contributed by atoms with Gasteiger partial charge in [0.25, 0.3) is 0 Å². The van der Waals surface area contributed by atoms with E-state index in [1.165, 1.54) is 4.57 Å². The van der Waals surface area contributed by atoms with Gasteiger partial charge in [-0.3, -0.25) is 4.57 Å². The van der Waals surface area contributed by atoms with Gasteiger partial charge in [0.05, 0.1) is 12.8 Å². The van der Waals surface area contributed by atoms with Crippen LogP contribution in [0.4, 0.5) is 0 Å². The number of aromatic amines is 1. The number of rotatable bonds is 2. The average molecular weight is 204 g/mol. The first kappa shape index (κ1) is 9.58. The Balaban J connectivity index is 2.63. The van der Waals surface area contributed by atoms with Crippen LogP contribution in [0.5, 0.6) is 5.75 Å². The number of hydrogen-bond acceptors (Lipinski definition) is 2. The molecule has 0 saturated carbocycles. The highest BCUT2D eigenvalue weighted by Gasteiger charge is 2.07. The summed E-state index contributed by atoms with van der Waals surface area (Å²) >= 11 is 0. The molecular weight excluding hydrogens is 192 g/mol. The Bertz CT molecular complexity index is 525. The van der Waals surface area contributed by atoms with Gasteiger partial charge >= 0.3 is 5.69 Å². The number of aryl methyl sites for hydroxylation is 1. The number of nitrogens with one attached hydrogen (secondary N) is 1. The Morgan fingerprint density at radius 1 is 1.33 bits per heavy atom. The van der Waals surface area contributed by atoms with Crippen LogP contribution in [0, 0.1) is 6.92 Å². The van der Waals surface area contributed by atoms with Crippen molar-refractivity contribution in [2.75, 3.05) is 7.11 Å². The summed E-state index contributed by atoms with van der Waals surface area (Å²) in [4.78, 5) is 14.3. The van der Waals surface area contributed by atoms with E-state index >= 15 is 0 Å². The van der Waals surface area contributed by atoms with Crippen molar-refractivity contribution in [2.24, 2.45) is 0 Å². The summed E-state index contributed by atoms with van der Waals surface area (Å²) in [6, 6.07) is 7.40. The molecule has 0 radical (unpaired) electrons. The molecule has 0 amide bonds. The molecule has 2 rings (SSSR count). The maximum atomic E-state index is 11.6. The van der Waals surface area contributed by atoms with E-state index in [9.17, 15) is 4.79 Å². The van der Waals surface area contributed by atoms with Crippen LogP contribution in [0.3, 0.4) is 0 Å². The van der Waals surface area contributed by atoms with Crippen molar-refractivity contribution in [1.82, 2.24) is 9.55 Å². The van der Waals surface area contributed by atoms with E-state index < -0.39 is 0 Å². The predicted octanol–water partition coefficient (Wildman–Crippen LogP) is 1.48. The largest absolute Gasteiger partial charge is 0.495 e. The summed E-state index contributed by atoms with van der Waals surface area (Å²) in [5, 5.41) is 0. The summed E-state index contributed by atoms with van der Waals surface area (Å²) in [7, 11) is 1.59. The highest BCUT2D eigenvalue weighted by molar-refractivity contribution is 5.46. The summed E-state index contributed by atoms with van der Waals surface area (Å²) < 4.78 is 6.73. The minimum atomic E-state index is -0.156. The van der Waals surface area contributed by atoms with E-state index in [2.05, 4.69) is 4.98 Å². The van der Waals surface area contributed by atoms with Crippen LogP contribution in [-0.4, -0.2) is 16.7 Å². The predicted molar refractivity (Wildman–Crippen MR) is 57.7 cm³/mol. The minimum absolute atomic E-state index is 0.156. The van der Waals surface area contributed by atoms with Gasteiger partial charge in [-0.15, -0.1) is 0 Å². The van der Waals surface area contributed by atoms with Crippen LogP contribution in [0.2, 0.25) is 0 Å². The quantitative estimate of drug-likeness (QED) is 0.805. The number of methoxy groups -OCH3 is 1. The Morgan fingerprint density at radius 3 is 2.67 bits per heavy atom. The van der Waals surface area contributed by atoms with Crippen LogP contribution >= 0.6 is 0 Å². The zero-order valence-electron chi connectivity index (χ0n) is 8.65. The molecule has 0 unspecified atom stereocenters. The standard InChI is InChI=1S/C11H12N2O2/c1-8-7-13(11(14)12-8)9-5-3-4-6-10(9)15-2/h3-7H,1-2H3,(H,12,14). The molecule has 0 atom stereocenters. The van der Waals surface area contributed by atoms with Gasteiger partial charge in [0.15, 0.2) is 0 Å². The van der Waals surface area contributed by atoms with Gasteiger partial charge in [-0.2, -0.15) is 0 Å². The second kappa shape index (κ2) is 3.65. The van der Waals surface area contributed by atoms with Gasteiger partial charge in [0, 0.05) is 11.9 Å². The molecule has 1 N–H and O–H groups in total. The fraction of sp³-hybridized carbons (Fsp3) is 0.182. The molecule has 0 spiro atoms. The number of imidazole rings is 1. The van der Waals surface area contributed by atoms with Crippen molar-refractivity contribution < 1.29 is 4.74 Å². The van der Waals surface area contributed by atoms with E-state index in [4.69, 9.17) is 4.74 Å². The van der Waals surface area contributed by atoms with Crippen molar-refractivity contribution in [1.29, 1.82) is 0 Å². The lowest BCUT2D eigenvalue weighted by Crippen LogP contribution is -2.14. The molecule has 4 heteroatoms. The molecule has 0 aliphatic rings. The molecule has 0 saturated heterocycles. The Labute approximate surface area is 87.1 Å². The van der Waals surface area contributed by atoms with Crippen molar-refractivity contribution in [3.8, 4) is 11.4 Å². The fourth-order valence-electron chi connectivity index (χ4n) is 1.52. The number of ether oxygens (including phenoxy) is 1. The first-order valence-electron chi connectivity index (χ1n) is 4.64. The summed E-state index contributed by atoms with van der Waals surface area (Å²) in [6.45, 7) is 1.84. The monoisotopic (exact) mass is 204 g/mol. The number of aromatic nitrogens is 2. The van der Waals surface area contributed by atoms with Crippen LogP contribution in [0.15, 0.2) is 35.3 Å². The van der Waals surface area contributed by atoms with Crippen LogP contribution in [0.25, 0.3) is 5.69 Å². The zero-order chi connectivity index (χ0) is 10.8. The SMILES string of the molecule is COc1ccccc1-n1cc(C)[nH]c1=O. The van der Waals surface area contributed by atoms with Gasteiger partial charge in [0.1, 0.15) is 5.75 Å². The number of H-pyrrole nitrogens is 1. The number of nitrogens with zero attached hydrogens (tertiary/aromatic N) is 1. The maximum Gasteiger partial charge on any atom is 0.330 e. The first-order chi connectivity index (χ1) is 7.22. The molecule has 1 heterocycles. The van der Waals surface area contributed by atoms with Crippen molar-refractivity contribution in [3.05, 3.63) is 46.6 Å². The average Bonchev–Trinajstić information content (AvgIpc) is 2.57. The molecule has 0 aliphatic heterocycles. The van der Waals surface area contributed by atoms with Gasteiger partial charge < -0.3 is 9.72 Å². The normalized spacial score (nSPS) is 10.3. The number of para-hydroxylation sites is 2. The Hall–Kier alpha value is -1.97. The van der Waals surface area contributed by atoms with Gasteiger partial charge in [-0.1, -0.05) is 12.1 Å². The molecule has 4 nitrogen and oxygen atoms in total. The zero-order valence-corrected chi connectivity index (χ0v) is 8.65. The minimum Gasteiger partial charge on any atom is -0.495 e. The van der Waals surface area contributed by atoms with E-state index in [1.807, 2.05) is 31.2 Å². The molecule has 2 aromatic rings. The third-order valence-corrected chi connectivity index (χ3v) is 2.19. The van der Waals surface area contributed by atoms with E-state index in [1.54, 1.807) is 13.3 Å². The van der Waals surface area contributed by atoms with Crippen molar-refractivity contribution in [2.45, 2.75) is 6.92 Å². The smallest absolute Gasteiger partial charge is 0.330 e. The highest BCUT2D eigenvalue weighted by atomic mass is 16.5. The molecule has 78 valence electrons. The Morgan fingerprint density at radius 2 is 2.07 bits per heavy atom. The lowest BCUT2D eigenvalue weighted by Gasteiger charge is -2.07. The number of benzene rings is 1. The highest BCUT2D eigenvalue weighted by Crippen LogP contribution is 2.20. The molecule has 1 aromatic heterocycles. The van der Waals surface area contributed by atoms with Crippen LogP contribution < -0.4 is 10.4 Å². The van der Waals surface area contributed by atoms with E-state index in [0.29, 0.717) is 5.75 Å². The molecule has 1 aromatic carbocycles. The molecule has 0 bridgehead atoms. The first-order valence-corrected chi connectivity index (χ1v) is 4.64. The van der Waals surface area contributed by atoms with Crippen molar-refractivity contribution in [3.63, 3.8) is 0 Å². The molecule has 15 heavy (non-hydrogen) atoms. The van der Waals surface area contributed by atoms with Crippen molar-refractivity contribution >= 4 is 0 Å². The van der Waals surface area contributed by atoms with Gasteiger partial charge in [-0.05, 0) is 19.1 Å². The molecule has 0 fully saturated rings. The Kier molecular flexibility index (Phi) is 2.33. The van der Waals surface area contributed by atoms with E-state index in [0.717, 1.165) is 11.4 Å². The summed E-state index contributed by atoms with van der Waals surface area (Å²) in [5.74, 6) is 0.679. The third-order valence-electron chi connectivity index (χ3n) is 2.19.